The number of halogens is 1. The summed E-state index contributed by atoms with van der Waals surface area (Å²) >= 11 is 6.20. The fraction of sp³-hybridized carbons (Fsp3) is 0.625. The van der Waals surface area contributed by atoms with Gasteiger partial charge in [-0.2, -0.15) is 0 Å². The molecule has 1 aromatic rings. The van der Waals surface area contributed by atoms with Crippen LogP contribution in [0.4, 0.5) is 0 Å². The van der Waals surface area contributed by atoms with E-state index in [1.165, 1.54) is 6.42 Å². The fourth-order valence-electron chi connectivity index (χ4n) is 3.37. The maximum Gasteiger partial charge on any atom is 0.189 e. The molecule has 1 aromatic carbocycles. The second-order valence-electron chi connectivity index (χ2n) is 6.00. The van der Waals surface area contributed by atoms with Gasteiger partial charge in [0.25, 0.3) is 0 Å². The smallest absolute Gasteiger partial charge is 0.189 e. The molecule has 0 radical (unpaired) electrons. The third-order valence-electron chi connectivity index (χ3n) is 4.43. The topological polar surface area (TPSA) is 41.9 Å². The first kappa shape index (κ1) is 15.1. The number of likely N-dealkylation sites (N-methyl/N-ethyl adjacent to an activating group) is 1. The lowest BCUT2D eigenvalue weighted by atomic mass is 9.91. The van der Waals surface area contributed by atoms with Crippen molar-refractivity contribution in [2.24, 2.45) is 0 Å². The Labute approximate surface area is 130 Å². The quantitative estimate of drug-likeness (QED) is 0.932. The van der Waals surface area contributed by atoms with Gasteiger partial charge in [0, 0.05) is 28.7 Å². The number of fused-ring (bicyclic) bond motifs is 1. The molecule has 0 bridgehead atoms. The highest BCUT2D eigenvalue weighted by Crippen LogP contribution is 2.33. The Morgan fingerprint density at radius 3 is 2.95 bits per heavy atom. The van der Waals surface area contributed by atoms with Crippen LogP contribution in [0.25, 0.3) is 0 Å². The van der Waals surface area contributed by atoms with Crippen molar-refractivity contribution in [3.63, 3.8) is 0 Å². The summed E-state index contributed by atoms with van der Waals surface area (Å²) in [4.78, 5) is 2.22. The zero-order valence-electron chi connectivity index (χ0n) is 12.3. The first-order chi connectivity index (χ1) is 10.1. The second-order valence-corrected chi connectivity index (χ2v) is 6.43. The molecule has 0 amide bonds. The van der Waals surface area contributed by atoms with Crippen molar-refractivity contribution in [1.82, 2.24) is 4.90 Å². The summed E-state index contributed by atoms with van der Waals surface area (Å²) in [7, 11) is 2.06. The van der Waals surface area contributed by atoms with Crippen molar-refractivity contribution in [2.45, 2.75) is 51.0 Å². The molecule has 21 heavy (non-hydrogen) atoms. The summed E-state index contributed by atoms with van der Waals surface area (Å²) in [5.74, 6) is 0.891. The second kappa shape index (κ2) is 6.53. The molecule has 2 unspecified atom stereocenters. The summed E-state index contributed by atoms with van der Waals surface area (Å²) in [5, 5.41) is 10.9. The van der Waals surface area contributed by atoms with Gasteiger partial charge in [0.1, 0.15) is 5.75 Å². The number of rotatable bonds is 3. The number of aliphatic hydroxyl groups is 1. The monoisotopic (exact) mass is 311 g/mol. The zero-order valence-corrected chi connectivity index (χ0v) is 13.1. The van der Waals surface area contributed by atoms with Crippen molar-refractivity contribution in [2.75, 3.05) is 13.8 Å². The predicted octanol–water partition coefficient (Wildman–Crippen LogP) is 2.94. The lowest BCUT2D eigenvalue weighted by Gasteiger charge is -2.35. The fourth-order valence-corrected chi connectivity index (χ4v) is 3.63. The van der Waals surface area contributed by atoms with Crippen molar-refractivity contribution in [3.05, 3.63) is 28.3 Å². The molecule has 2 aliphatic rings. The molecule has 116 valence electrons. The molecule has 1 N–H and O–H groups in total. The molecule has 1 fully saturated rings. The first-order valence-corrected chi connectivity index (χ1v) is 7.93. The summed E-state index contributed by atoms with van der Waals surface area (Å²) in [6.07, 6.45) is 4.02. The van der Waals surface area contributed by atoms with Crippen LogP contribution in [0.3, 0.4) is 0 Å². The molecule has 1 saturated carbocycles. The highest BCUT2D eigenvalue weighted by atomic mass is 35.5. The average Bonchev–Trinajstić information content (AvgIpc) is 2.47. The van der Waals surface area contributed by atoms with Gasteiger partial charge in [-0.25, -0.2) is 0 Å². The first-order valence-electron chi connectivity index (χ1n) is 7.55. The van der Waals surface area contributed by atoms with Crippen LogP contribution in [0.2, 0.25) is 5.02 Å². The lowest BCUT2D eigenvalue weighted by molar-refractivity contribution is -0.0183. The maximum absolute atomic E-state index is 10.2. The number of hydrogen-bond donors (Lipinski definition) is 1. The molecule has 1 heterocycles. The van der Waals surface area contributed by atoms with Gasteiger partial charge in [0.05, 0.1) is 12.7 Å². The molecule has 1 aliphatic heterocycles. The van der Waals surface area contributed by atoms with Crippen LogP contribution < -0.4 is 4.74 Å². The maximum atomic E-state index is 10.2. The Morgan fingerprint density at radius 2 is 2.14 bits per heavy atom. The summed E-state index contributed by atoms with van der Waals surface area (Å²) in [6, 6.07) is 4.07. The number of hydrogen-bond acceptors (Lipinski definition) is 4. The van der Waals surface area contributed by atoms with Crippen LogP contribution in [-0.4, -0.2) is 36.0 Å². The number of benzene rings is 1. The summed E-state index contributed by atoms with van der Waals surface area (Å²) in [5.41, 5.74) is 2.07. The van der Waals surface area contributed by atoms with Crippen molar-refractivity contribution < 1.29 is 14.6 Å². The van der Waals surface area contributed by atoms with Crippen molar-refractivity contribution in [1.29, 1.82) is 0 Å². The largest absolute Gasteiger partial charge is 0.467 e. The molecule has 4 nitrogen and oxygen atoms in total. The van der Waals surface area contributed by atoms with E-state index >= 15 is 0 Å². The molecule has 0 aromatic heterocycles. The number of ether oxygens (including phenoxy) is 2. The van der Waals surface area contributed by atoms with E-state index < -0.39 is 0 Å². The molecule has 5 heteroatoms. The third-order valence-corrected chi connectivity index (χ3v) is 4.65. The Hall–Kier alpha value is -0.810. The minimum atomic E-state index is -0.233. The van der Waals surface area contributed by atoms with E-state index in [9.17, 15) is 5.11 Å². The van der Waals surface area contributed by atoms with Crippen LogP contribution in [0.1, 0.15) is 36.8 Å². The standard InChI is InChI=1S/C16H22ClNO3/c1-18(14-4-2-3-5-15(14)19)8-11-6-13(17)7-12-9-20-10-21-16(11)12/h6-7,14-15,19H,2-5,8-10H2,1H3. The van der Waals surface area contributed by atoms with Gasteiger partial charge in [0.2, 0.25) is 0 Å². The predicted molar refractivity (Wildman–Crippen MR) is 81.5 cm³/mol. The molecular formula is C16H22ClNO3. The van der Waals surface area contributed by atoms with Crippen LogP contribution in [0.5, 0.6) is 5.75 Å². The van der Waals surface area contributed by atoms with E-state index in [0.717, 1.165) is 42.7 Å². The summed E-state index contributed by atoms with van der Waals surface area (Å²) in [6.45, 7) is 1.56. The molecule has 1 aliphatic carbocycles. The van der Waals surface area contributed by atoms with E-state index in [1.807, 2.05) is 12.1 Å². The van der Waals surface area contributed by atoms with Crippen molar-refractivity contribution >= 4 is 11.6 Å². The molecule has 0 spiro atoms. The minimum absolute atomic E-state index is 0.216. The third kappa shape index (κ3) is 3.34. The van der Waals surface area contributed by atoms with E-state index in [2.05, 4.69) is 11.9 Å². The Kier molecular flexibility index (Phi) is 4.69. The number of nitrogens with zero attached hydrogens (tertiary/aromatic N) is 1. The van der Waals surface area contributed by atoms with Gasteiger partial charge < -0.3 is 14.6 Å². The minimum Gasteiger partial charge on any atom is -0.467 e. The lowest BCUT2D eigenvalue weighted by Crippen LogP contribution is -2.43. The molecular weight excluding hydrogens is 290 g/mol. The zero-order chi connectivity index (χ0) is 14.8. The van der Waals surface area contributed by atoms with Gasteiger partial charge in [-0.05, 0) is 32.0 Å². The Balaban J connectivity index is 1.79. The van der Waals surface area contributed by atoms with Crippen LogP contribution >= 0.6 is 11.6 Å². The van der Waals surface area contributed by atoms with Crippen LogP contribution in [0, 0.1) is 0 Å². The summed E-state index contributed by atoms with van der Waals surface area (Å²) < 4.78 is 11.0. The average molecular weight is 312 g/mol. The van der Waals surface area contributed by atoms with Crippen LogP contribution in [0.15, 0.2) is 12.1 Å². The van der Waals surface area contributed by atoms with Crippen molar-refractivity contribution in [3.8, 4) is 5.75 Å². The van der Waals surface area contributed by atoms with Gasteiger partial charge in [-0.3, -0.25) is 4.90 Å². The van der Waals surface area contributed by atoms with Crippen LogP contribution in [-0.2, 0) is 17.9 Å². The van der Waals surface area contributed by atoms with Gasteiger partial charge in [0.15, 0.2) is 6.79 Å². The van der Waals surface area contributed by atoms with E-state index in [0.29, 0.717) is 11.6 Å². The molecule has 2 atom stereocenters. The van der Waals surface area contributed by atoms with Gasteiger partial charge >= 0.3 is 0 Å². The van der Waals surface area contributed by atoms with E-state index in [-0.39, 0.29) is 18.9 Å². The highest BCUT2D eigenvalue weighted by Gasteiger charge is 2.27. The molecule has 3 rings (SSSR count). The SMILES string of the molecule is CN(Cc1cc(Cl)cc2c1OCOC2)C1CCCCC1O. The van der Waals surface area contributed by atoms with Gasteiger partial charge in [-0.15, -0.1) is 0 Å². The Bertz CT molecular complexity index is 509. The van der Waals surface area contributed by atoms with E-state index in [4.69, 9.17) is 21.1 Å². The highest BCUT2D eigenvalue weighted by molar-refractivity contribution is 6.30. The molecule has 0 saturated heterocycles. The normalized spacial score (nSPS) is 25.5. The number of aliphatic hydroxyl groups excluding tert-OH is 1. The van der Waals surface area contributed by atoms with Gasteiger partial charge in [-0.1, -0.05) is 24.4 Å². The Morgan fingerprint density at radius 1 is 1.33 bits per heavy atom. The van der Waals surface area contributed by atoms with E-state index in [1.54, 1.807) is 0 Å².